The third-order valence-corrected chi connectivity index (χ3v) is 3.26. The van der Waals surface area contributed by atoms with Crippen LogP contribution >= 0.6 is 24.0 Å². The van der Waals surface area contributed by atoms with Gasteiger partial charge in [0.25, 0.3) is 0 Å². The Morgan fingerprint density at radius 2 is 2.29 bits per heavy atom. The van der Waals surface area contributed by atoms with Crippen LogP contribution < -0.4 is 5.32 Å². The standard InChI is InChI=1S/C12H16ClFN2.ClH/c1-9-7-15-4-5-16(9)8-10-6-11(13)2-3-12(10)14;/h2-3,6,9,15H,4-5,7-8H2,1H3;1H/t9-;/m1./s1. The van der Waals surface area contributed by atoms with Crippen LogP contribution in [-0.4, -0.2) is 30.6 Å². The number of hydrogen-bond donors (Lipinski definition) is 1. The molecule has 0 aliphatic carbocycles. The van der Waals surface area contributed by atoms with Crippen molar-refractivity contribution >= 4 is 24.0 Å². The molecule has 1 fully saturated rings. The molecule has 0 aromatic heterocycles. The number of hydrogen-bond acceptors (Lipinski definition) is 2. The van der Waals surface area contributed by atoms with Gasteiger partial charge in [0.05, 0.1) is 0 Å². The van der Waals surface area contributed by atoms with Gasteiger partial charge in [0.1, 0.15) is 5.82 Å². The van der Waals surface area contributed by atoms with Gasteiger partial charge in [-0.1, -0.05) is 11.6 Å². The highest BCUT2D eigenvalue weighted by atomic mass is 35.5. The molecule has 1 atom stereocenters. The molecule has 1 aliphatic heterocycles. The molecule has 0 spiro atoms. The van der Waals surface area contributed by atoms with E-state index in [0.717, 1.165) is 19.6 Å². The fraction of sp³-hybridized carbons (Fsp3) is 0.500. The summed E-state index contributed by atoms with van der Waals surface area (Å²) in [5, 5.41) is 3.91. The molecule has 1 N–H and O–H groups in total. The SMILES string of the molecule is C[C@@H]1CNCCN1Cc1cc(Cl)ccc1F.Cl. The highest BCUT2D eigenvalue weighted by molar-refractivity contribution is 6.30. The number of nitrogens with one attached hydrogen (secondary N) is 1. The summed E-state index contributed by atoms with van der Waals surface area (Å²) in [6, 6.07) is 5.17. The maximum Gasteiger partial charge on any atom is 0.127 e. The van der Waals surface area contributed by atoms with E-state index in [2.05, 4.69) is 17.1 Å². The van der Waals surface area contributed by atoms with E-state index >= 15 is 0 Å². The van der Waals surface area contributed by atoms with Gasteiger partial charge in [0, 0.05) is 42.8 Å². The summed E-state index contributed by atoms with van der Waals surface area (Å²) in [4.78, 5) is 2.27. The van der Waals surface area contributed by atoms with Gasteiger partial charge in [0.2, 0.25) is 0 Å². The highest BCUT2D eigenvalue weighted by Gasteiger charge is 2.19. The molecule has 0 bridgehead atoms. The Kier molecular flexibility index (Phi) is 5.67. The Balaban J connectivity index is 0.00000144. The Hall–Kier alpha value is -0.350. The number of benzene rings is 1. The van der Waals surface area contributed by atoms with Crippen LogP contribution in [0.25, 0.3) is 0 Å². The molecule has 5 heteroatoms. The van der Waals surface area contributed by atoms with Crippen molar-refractivity contribution in [1.82, 2.24) is 10.2 Å². The molecule has 17 heavy (non-hydrogen) atoms. The van der Waals surface area contributed by atoms with Crippen molar-refractivity contribution in [2.24, 2.45) is 0 Å². The van der Waals surface area contributed by atoms with Gasteiger partial charge in [-0.25, -0.2) is 4.39 Å². The number of rotatable bonds is 2. The van der Waals surface area contributed by atoms with E-state index in [1.54, 1.807) is 12.1 Å². The average molecular weight is 279 g/mol. The number of nitrogens with zero attached hydrogens (tertiary/aromatic N) is 1. The molecular weight excluding hydrogens is 262 g/mol. The minimum absolute atomic E-state index is 0. The smallest absolute Gasteiger partial charge is 0.127 e. The molecule has 2 nitrogen and oxygen atoms in total. The lowest BCUT2D eigenvalue weighted by molar-refractivity contribution is 0.164. The van der Waals surface area contributed by atoms with E-state index in [1.807, 2.05) is 0 Å². The maximum absolute atomic E-state index is 13.6. The van der Waals surface area contributed by atoms with Crippen LogP contribution in [0, 0.1) is 5.82 Å². The molecule has 1 heterocycles. The summed E-state index contributed by atoms with van der Waals surface area (Å²) in [5.74, 6) is -0.171. The lowest BCUT2D eigenvalue weighted by atomic mass is 10.1. The lowest BCUT2D eigenvalue weighted by Gasteiger charge is -2.33. The Morgan fingerprint density at radius 1 is 1.53 bits per heavy atom. The average Bonchev–Trinajstić information content (AvgIpc) is 2.27. The zero-order chi connectivity index (χ0) is 11.5. The minimum atomic E-state index is -0.171. The summed E-state index contributed by atoms with van der Waals surface area (Å²) in [6.45, 7) is 5.66. The summed E-state index contributed by atoms with van der Waals surface area (Å²) in [7, 11) is 0. The molecule has 0 amide bonds. The Labute approximate surface area is 113 Å². The van der Waals surface area contributed by atoms with Crippen LogP contribution in [-0.2, 0) is 6.54 Å². The van der Waals surface area contributed by atoms with Gasteiger partial charge in [-0.05, 0) is 25.1 Å². The van der Waals surface area contributed by atoms with Crippen molar-refractivity contribution in [1.29, 1.82) is 0 Å². The molecule has 96 valence electrons. The fourth-order valence-corrected chi connectivity index (χ4v) is 2.20. The van der Waals surface area contributed by atoms with E-state index in [4.69, 9.17) is 11.6 Å². The minimum Gasteiger partial charge on any atom is -0.314 e. The third kappa shape index (κ3) is 3.81. The molecule has 1 saturated heterocycles. The monoisotopic (exact) mass is 278 g/mol. The molecular formula is C12H17Cl2FN2. The summed E-state index contributed by atoms with van der Waals surface area (Å²) in [6.07, 6.45) is 0. The van der Waals surface area contributed by atoms with E-state index < -0.39 is 0 Å². The summed E-state index contributed by atoms with van der Waals surface area (Å²) >= 11 is 5.87. The Bertz CT molecular complexity index is 374. The summed E-state index contributed by atoms with van der Waals surface area (Å²) in [5.41, 5.74) is 0.682. The van der Waals surface area contributed by atoms with Crippen LogP contribution in [0.3, 0.4) is 0 Å². The molecule has 1 aromatic carbocycles. The van der Waals surface area contributed by atoms with Gasteiger partial charge in [-0.15, -0.1) is 12.4 Å². The molecule has 0 saturated carbocycles. The first-order valence-electron chi connectivity index (χ1n) is 5.55. The third-order valence-electron chi connectivity index (χ3n) is 3.02. The van der Waals surface area contributed by atoms with E-state index in [1.165, 1.54) is 6.07 Å². The van der Waals surface area contributed by atoms with Crippen molar-refractivity contribution in [2.75, 3.05) is 19.6 Å². The van der Waals surface area contributed by atoms with Crippen LogP contribution in [0.4, 0.5) is 4.39 Å². The first-order valence-corrected chi connectivity index (χ1v) is 5.93. The Morgan fingerprint density at radius 3 is 3.00 bits per heavy atom. The largest absolute Gasteiger partial charge is 0.314 e. The molecule has 0 unspecified atom stereocenters. The second-order valence-corrected chi connectivity index (χ2v) is 4.70. The van der Waals surface area contributed by atoms with E-state index in [0.29, 0.717) is 23.2 Å². The second kappa shape index (κ2) is 6.55. The predicted octanol–water partition coefficient (Wildman–Crippen LogP) is 2.69. The first kappa shape index (κ1) is 14.7. The normalized spacial score (nSPS) is 21.0. The van der Waals surface area contributed by atoms with Crippen molar-refractivity contribution in [2.45, 2.75) is 19.5 Å². The topological polar surface area (TPSA) is 15.3 Å². The van der Waals surface area contributed by atoms with Gasteiger partial charge < -0.3 is 5.32 Å². The van der Waals surface area contributed by atoms with Crippen LogP contribution in [0.1, 0.15) is 12.5 Å². The first-order chi connectivity index (χ1) is 7.66. The van der Waals surface area contributed by atoms with Crippen molar-refractivity contribution in [3.63, 3.8) is 0 Å². The fourth-order valence-electron chi connectivity index (χ4n) is 2.00. The maximum atomic E-state index is 13.6. The molecule has 2 rings (SSSR count). The predicted molar refractivity (Wildman–Crippen MR) is 71.4 cm³/mol. The number of piperazine rings is 1. The van der Waals surface area contributed by atoms with Gasteiger partial charge >= 0.3 is 0 Å². The highest BCUT2D eigenvalue weighted by Crippen LogP contribution is 2.18. The molecule has 1 aliphatic rings. The lowest BCUT2D eigenvalue weighted by Crippen LogP contribution is -2.49. The zero-order valence-electron chi connectivity index (χ0n) is 9.75. The van der Waals surface area contributed by atoms with Crippen LogP contribution in [0.2, 0.25) is 5.02 Å². The summed E-state index contributed by atoms with van der Waals surface area (Å²) < 4.78 is 13.6. The number of halogens is 3. The second-order valence-electron chi connectivity index (χ2n) is 4.26. The van der Waals surface area contributed by atoms with Crippen molar-refractivity contribution in [3.05, 3.63) is 34.6 Å². The quantitative estimate of drug-likeness (QED) is 0.895. The van der Waals surface area contributed by atoms with Gasteiger partial charge in [-0.3, -0.25) is 4.90 Å². The van der Waals surface area contributed by atoms with Gasteiger partial charge in [0.15, 0.2) is 0 Å². The van der Waals surface area contributed by atoms with Crippen LogP contribution in [0.5, 0.6) is 0 Å². The molecule has 1 aromatic rings. The van der Waals surface area contributed by atoms with Gasteiger partial charge in [-0.2, -0.15) is 0 Å². The van der Waals surface area contributed by atoms with Crippen molar-refractivity contribution in [3.8, 4) is 0 Å². The van der Waals surface area contributed by atoms with Crippen molar-refractivity contribution < 1.29 is 4.39 Å². The van der Waals surface area contributed by atoms with E-state index in [9.17, 15) is 4.39 Å². The zero-order valence-corrected chi connectivity index (χ0v) is 11.3. The van der Waals surface area contributed by atoms with E-state index in [-0.39, 0.29) is 18.2 Å². The van der Waals surface area contributed by atoms with Crippen LogP contribution in [0.15, 0.2) is 18.2 Å². The molecule has 0 radical (unpaired) electrons.